The van der Waals surface area contributed by atoms with E-state index >= 15 is 0 Å². The Hall–Kier alpha value is -0.740. The zero-order valence-electron chi connectivity index (χ0n) is 5.30. The molecule has 0 aliphatic heterocycles. The summed E-state index contributed by atoms with van der Waals surface area (Å²) in [7, 11) is 0. The number of rotatable bonds is 1. The van der Waals surface area contributed by atoms with E-state index in [1.54, 1.807) is 0 Å². The van der Waals surface area contributed by atoms with Crippen LogP contribution in [0.4, 0.5) is 17.6 Å². The first-order valence-corrected chi connectivity index (χ1v) is 2.61. The molecule has 0 spiro atoms. The van der Waals surface area contributed by atoms with Crippen LogP contribution < -0.4 is 5.73 Å². The molecule has 0 unspecified atom stereocenters. The highest BCUT2D eigenvalue weighted by Gasteiger charge is 2.36. The topological polar surface area (TPSA) is 26.0 Å². The van der Waals surface area contributed by atoms with Crippen LogP contribution in [0, 0.1) is 0 Å². The molecule has 0 saturated carbocycles. The van der Waals surface area contributed by atoms with Gasteiger partial charge in [0, 0.05) is 5.70 Å². The van der Waals surface area contributed by atoms with Crippen LogP contribution >= 0.6 is 0 Å². The van der Waals surface area contributed by atoms with Gasteiger partial charge < -0.3 is 5.73 Å². The molecule has 0 aromatic carbocycles. The lowest BCUT2D eigenvalue weighted by atomic mass is 10.3. The van der Waals surface area contributed by atoms with Crippen LogP contribution in [0.2, 0.25) is 0 Å². The summed E-state index contributed by atoms with van der Waals surface area (Å²) in [6.07, 6.45) is -5.06. The SMILES string of the molecule is CCC(N)=C(F)C(F)(F)F. The fraction of sp³-hybridized carbons (Fsp3) is 0.600. The lowest BCUT2D eigenvalue weighted by Crippen LogP contribution is -2.14. The van der Waals surface area contributed by atoms with Crippen LogP contribution in [0.5, 0.6) is 0 Å². The Bertz CT molecular complexity index is 146. The predicted octanol–water partition coefficient (Wildman–Crippen LogP) is 2.10. The van der Waals surface area contributed by atoms with E-state index in [1.165, 1.54) is 6.92 Å². The Morgan fingerprint density at radius 2 is 1.80 bits per heavy atom. The minimum Gasteiger partial charge on any atom is -0.400 e. The largest absolute Gasteiger partial charge is 0.444 e. The predicted molar refractivity (Wildman–Crippen MR) is 28.7 cm³/mol. The Kier molecular flexibility index (Phi) is 2.68. The summed E-state index contributed by atoms with van der Waals surface area (Å²) >= 11 is 0. The third-order valence-corrected chi connectivity index (χ3v) is 0.912. The van der Waals surface area contributed by atoms with Crippen LogP contribution in [0.3, 0.4) is 0 Å². The summed E-state index contributed by atoms with van der Waals surface area (Å²) in [6, 6.07) is 0. The van der Waals surface area contributed by atoms with Crippen molar-refractivity contribution in [1.29, 1.82) is 0 Å². The second-order valence-corrected chi connectivity index (χ2v) is 1.69. The monoisotopic (exact) mass is 157 g/mol. The number of halogens is 4. The molecule has 1 nitrogen and oxygen atoms in total. The van der Waals surface area contributed by atoms with Gasteiger partial charge in [-0.1, -0.05) is 6.92 Å². The van der Waals surface area contributed by atoms with Gasteiger partial charge in [-0.2, -0.15) is 17.6 Å². The molecule has 0 aromatic rings. The average molecular weight is 157 g/mol. The second-order valence-electron chi connectivity index (χ2n) is 1.69. The van der Waals surface area contributed by atoms with Crippen molar-refractivity contribution < 1.29 is 17.6 Å². The number of hydrogen-bond donors (Lipinski definition) is 1. The molecule has 0 atom stereocenters. The van der Waals surface area contributed by atoms with E-state index in [9.17, 15) is 17.6 Å². The fourth-order valence-electron chi connectivity index (χ4n) is 0.337. The van der Waals surface area contributed by atoms with E-state index in [4.69, 9.17) is 0 Å². The molecular weight excluding hydrogens is 150 g/mol. The summed E-state index contributed by atoms with van der Waals surface area (Å²) in [5.74, 6) is -2.19. The Morgan fingerprint density at radius 1 is 1.40 bits per heavy atom. The lowest BCUT2D eigenvalue weighted by molar-refractivity contribution is -0.110. The van der Waals surface area contributed by atoms with Crippen LogP contribution in [-0.4, -0.2) is 6.18 Å². The van der Waals surface area contributed by atoms with Crippen molar-refractivity contribution >= 4 is 0 Å². The van der Waals surface area contributed by atoms with Crippen molar-refractivity contribution in [1.82, 2.24) is 0 Å². The first-order valence-electron chi connectivity index (χ1n) is 2.61. The standard InChI is InChI=1S/C5H7F4N/c1-2-3(10)4(6)5(7,8)9/h2,10H2,1H3. The number of nitrogens with two attached hydrogens (primary N) is 1. The van der Waals surface area contributed by atoms with Crippen molar-refractivity contribution in [3.63, 3.8) is 0 Å². The molecule has 0 aromatic heterocycles. The lowest BCUT2D eigenvalue weighted by Gasteiger charge is -2.04. The molecule has 0 heterocycles. The molecule has 2 N–H and O–H groups in total. The zero-order valence-corrected chi connectivity index (χ0v) is 5.30. The Balaban J connectivity index is 4.47. The van der Waals surface area contributed by atoms with E-state index in [2.05, 4.69) is 5.73 Å². The molecule has 0 aliphatic carbocycles. The average Bonchev–Trinajstić information content (AvgIpc) is 1.83. The smallest absolute Gasteiger partial charge is 0.400 e. The first-order chi connectivity index (χ1) is 4.39. The molecule has 0 bridgehead atoms. The maximum atomic E-state index is 11.9. The maximum absolute atomic E-state index is 11.9. The van der Waals surface area contributed by atoms with Gasteiger partial charge >= 0.3 is 6.18 Å². The minimum absolute atomic E-state index is 0.134. The summed E-state index contributed by atoms with van der Waals surface area (Å²) < 4.78 is 46.1. The first kappa shape index (κ1) is 9.26. The molecule has 0 fully saturated rings. The third kappa shape index (κ3) is 2.24. The van der Waals surface area contributed by atoms with Crippen LogP contribution in [0.25, 0.3) is 0 Å². The summed E-state index contributed by atoms with van der Waals surface area (Å²) in [6.45, 7) is 1.35. The molecule has 5 heteroatoms. The Labute approximate surface area is 55.5 Å². The molecule has 0 saturated heterocycles. The quantitative estimate of drug-likeness (QED) is 0.579. The number of allylic oxidation sites excluding steroid dienone is 2. The van der Waals surface area contributed by atoms with Crippen LogP contribution in [0.15, 0.2) is 11.5 Å². The van der Waals surface area contributed by atoms with Gasteiger partial charge in [0.05, 0.1) is 0 Å². The number of alkyl halides is 3. The highest BCUT2D eigenvalue weighted by molar-refractivity contribution is 5.07. The molecule has 60 valence electrons. The van der Waals surface area contributed by atoms with Gasteiger partial charge in [0.25, 0.3) is 0 Å². The van der Waals surface area contributed by atoms with Gasteiger partial charge in [-0.05, 0) is 6.42 Å². The molecule has 0 amide bonds. The molecule has 10 heavy (non-hydrogen) atoms. The van der Waals surface area contributed by atoms with Gasteiger partial charge in [0.1, 0.15) is 0 Å². The highest BCUT2D eigenvalue weighted by atomic mass is 19.4. The fourth-order valence-corrected chi connectivity index (χ4v) is 0.337. The van der Waals surface area contributed by atoms with E-state index in [0.717, 1.165) is 0 Å². The van der Waals surface area contributed by atoms with Crippen molar-refractivity contribution in [2.45, 2.75) is 19.5 Å². The molecule has 0 radical (unpaired) electrons. The van der Waals surface area contributed by atoms with Crippen LogP contribution in [-0.2, 0) is 0 Å². The van der Waals surface area contributed by atoms with Gasteiger partial charge in [-0.3, -0.25) is 0 Å². The van der Waals surface area contributed by atoms with Gasteiger partial charge in [-0.25, -0.2) is 0 Å². The van der Waals surface area contributed by atoms with E-state index in [-0.39, 0.29) is 6.42 Å². The summed E-state index contributed by atoms with van der Waals surface area (Å²) in [5, 5.41) is 0. The van der Waals surface area contributed by atoms with Crippen LogP contribution in [0.1, 0.15) is 13.3 Å². The summed E-state index contributed by atoms with van der Waals surface area (Å²) in [5.41, 5.74) is 3.93. The molecular formula is C5H7F4N. The van der Waals surface area contributed by atoms with Crippen molar-refractivity contribution in [2.75, 3.05) is 0 Å². The highest BCUT2D eigenvalue weighted by Crippen LogP contribution is 2.28. The van der Waals surface area contributed by atoms with Crippen molar-refractivity contribution in [3.05, 3.63) is 11.5 Å². The molecule has 0 aliphatic rings. The normalized spacial score (nSPS) is 14.9. The van der Waals surface area contributed by atoms with Gasteiger partial charge in [0.15, 0.2) is 0 Å². The maximum Gasteiger partial charge on any atom is 0.444 e. The number of hydrogen-bond acceptors (Lipinski definition) is 1. The van der Waals surface area contributed by atoms with Gasteiger partial charge in [-0.15, -0.1) is 0 Å². The Morgan fingerprint density at radius 3 is 1.90 bits per heavy atom. The van der Waals surface area contributed by atoms with Crippen molar-refractivity contribution in [3.8, 4) is 0 Å². The van der Waals surface area contributed by atoms with E-state index in [1.807, 2.05) is 0 Å². The third-order valence-electron chi connectivity index (χ3n) is 0.912. The second kappa shape index (κ2) is 2.90. The van der Waals surface area contributed by atoms with Crippen molar-refractivity contribution in [2.24, 2.45) is 5.73 Å². The van der Waals surface area contributed by atoms with Gasteiger partial charge in [0.2, 0.25) is 5.83 Å². The summed E-state index contributed by atoms with van der Waals surface area (Å²) in [4.78, 5) is 0. The molecule has 0 rings (SSSR count). The van der Waals surface area contributed by atoms with E-state index in [0.29, 0.717) is 0 Å². The van der Waals surface area contributed by atoms with E-state index < -0.39 is 17.7 Å². The zero-order chi connectivity index (χ0) is 8.36. The minimum atomic E-state index is -4.93.